The van der Waals surface area contributed by atoms with Crippen LogP contribution in [-0.2, 0) is 4.79 Å². The number of nitrogens with two attached hydrogens (primary N) is 1. The van der Waals surface area contributed by atoms with E-state index in [4.69, 9.17) is 15.6 Å². The number of aliphatic carboxylic acids is 1. The molecule has 104 valence electrons. The van der Waals surface area contributed by atoms with Gasteiger partial charge in [-0.05, 0) is 6.54 Å². The maximum absolute atomic E-state index is 13.4. The van der Waals surface area contributed by atoms with Gasteiger partial charge in [0, 0.05) is 12.5 Å². The number of hydrogen-bond acceptors (Lipinski definition) is 5. The second kappa shape index (κ2) is 6.05. The highest BCUT2D eigenvalue weighted by Gasteiger charge is 2.24. The van der Waals surface area contributed by atoms with Gasteiger partial charge >= 0.3 is 11.7 Å². The van der Waals surface area contributed by atoms with Crippen molar-refractivity contribution in [3.05, 3.63) is 33.9 Å². The van der Waals surface area contributed by atoms with E-state index in [0.29, 0.717) is 12.1 Å². The molecule has 0 saturated carbocycles. The summed E-state index contributed by atoms with van der Waals surface area (Å²) in [5.41, 5.74) is 4.09. The summed E-state index contributed by atoms with van der Waals surface area (Å²) in [5, 5.41) is 19.1. The van der Waals surface area contributed by atoms with Gasteiger partial charge in [-0.15, -0.1) is 0 Å². The van der Waals surface area contributed by atoms with Crippen molar-refractivity contribution in [1.82, 2.24) is 0 Å². The quantitative estimate of drug-likeness (QED) is 0.592. The fraction of sp³-hybridized carbons (Fsp3) is 0.300. The van der Waals surface area contributed by atoms with Gasteiger partial charge in [0.15, 0.2) is 17.7 Å². The van der Waals surface area contributed by atoms with Gasteiger partial charge in [0.25, 0.3) is 0 Å². The molecule has 0 amide bonds. The van der Waals surface area contributed by atoms with E-state index in [1.807, 2.05) is 0 Å². The van der Waals surface area contributed by atoms with Gasteiger partial charge in [-0.3, -0.25) is 10.1 Å². The predicted molar refractivity (Wildman–Crippen MR) is 58.7 cm³/mol. The lowest BCUT2D eigenvalue weighted by atomic mass is 10.2. The Morgan fingerprint density at radius 3 is 2.58 bits per heavy atom. The number of carboxylic acids is 1. The molecule has 0 aromatic heterocycles. The summed E-state index contributed by atoms with van der Waals surface area (Å²) in [6, 6.07) is 0.756. The van der Waals surface area contributed by atoms with Crippen LogP contribution in [0.5, 0.6) is 5.75 Å². The molecule has 3 N–H and O–H groups in total. The zero-order chi connectivity index (χ0) is 14.6. The standard InChI is InChI=1S/C10H10F2N2O5/c11-5-4-9(6(12)3-7(5)14(17)18)19-8(1-2-13)10(15)16/h3-4,8H,1-2,13H2,(H,15,16). The first kappa shape index (κ1) is 14.8. The number of nitro benzene ring substituents is 1. The Hall–Kier alpha value is -2.29. The van der Waals surface area contributed by atoms with Gasteiger partial charge in [-0.25, -0.2) is 9.18 Å². The molecular formula is C10H10F2N2O5. The number of hydrogen-bond donors (Lipinski definition) is 2. The van der Waals surface area contributed by atoms with E-state index in [0.717, 1.165) is 0 Å². The van der Waals surface area contributed by atoms with Crippen LogP contribution in [-0.4, -0.2) is 28.6 Å². The molecule has 1 rings (SSSR count). The average molecular weight is 276 g/mol. The Morgan fingerprint density at radius 2 is 2.11 bits per heavy atom. The Bertz CT molecular complexity index is 509. The number of benzene rings is 1. The summed E-state index contributed by atoms with van der Waals surface area (Å²) in [6.45, 7) is -0.0337. The molecule has 1 aromatic rings. The Kier molecular flexibility index (Phi) is 4.70. The van der Waals surface area contributed by atoms with Gasteiger partial charge in [0.1, 0.15) is 0 Å². The summed E-state index contributed by atoms with van der Waals surface area (Å²) in [4.78, 5) is 20.0. The molecule has 7 nitrogen and oxygen atoms in total. The summed E-state index contributed by atoms with van der Waals surface area (Å²) < 4.78 is 31.4. The molecule has 1 aromatic carbocycles. The van der Waals surface area contributed by atoms with E-state index in [-0.39, 0.29) is 13.0 Å². The minimum Gasteiger partial charge on any atom is -0.479 e. The van der Waals surface area contributed by atoms with Gasteiger partial charge in [-0.1, -0.05) is 0 Å². The van der Waals surface area contributed by atoms with E-state index in [9.17, 15) is 23.7 Å². The fourth-order valence-electron chi connectivity index (χ4n) is 1.29. The molecule has 0 spiro atoms. The van der Waals surface area contributed by atoms with Crippen molar-refractivity contribution in [1.29, 1.82) is 0 Å². The normalized spacial score (nSPS) is 11.9. The number of carbonyl (C=O) groups is 1. The molecule has 0 radical (unpaired) electrons. The number of nitro groups is 1. The van der Waals surface area contributed by atoms with Crippen LogP contribution in [0.1, 0.15) is 6.42 Å². The first-order valence-electron chi connectivity index (χ1n) is 5.09. The highest BCUT2D eigenvalue weighted by molar-refractivity contribution is 5.72. The molecule has 19 heavy (non-hydrogen) atoms. The first-order valence-corrected chi connectivity index (χ1v) is 5.09. The van der Waals surface area contributed by atoms with Gasteiger partial charge in [0.05, 0.1) is 11.0 Å². The number of halogens is 2. The lowest BCUT2D eigenvalue weighted by molar-refractivity contribution is -0.387. The van der Waals surface area contributed by atoms with Crippen molar-refractivity contribution in [2.45, 2.75) is 12.5 Å². The number of carboxylic acid groups (broad SMARTS) is 1. The highest BCUT2D eigenvalue weighted by Crippen LogP contribution is 2.27. The van der Waals surface area contributed by atoms with Gasteiger partial charge in [0.2, 0.25) is 5.82 Å². The van der Waals surface area contributed by atoms with Gasteiger partial charge < -0.3 is 15.6 Å². The SMILES string of the molecule is NCCC(Oc1cc(F)c([N+](=O)[O-])cc1F)C(=O)O. The number of ether oxygens (including phenoxy) is 1. The molecule has 0 bridgehead atoms. The second-order valence-electron chi connectivity index (χ2n) is 3.51. The summed E-state index contributed by atoms with van der Waals surface area (Å²) in [7, 11) is 0. The maximum atomic E-state index is 13.4. The summed E-state index contributed by atoms with van der Waals surface area (Å²) >= 11 is 0. The van der Waals surface area contributed by atoms with Crippen molar-refractivity contribution in [3.8, 4) is 5.75 Å². The number of rotatable bonds is 6. The van der Waals surface area contributed by atoms with Crippen LogP contribution in [0.3, 0.4) is 0 Å². The largest absolute Gasteiger partial charge is 0.479 e. The van der Waals surface area contributed by atoms with Crippen LogP contribution in [0.25, 0.3) is 0 Å². The zero-order valence-corrected chi connectivity index (χ0v) is 9.51. The lowest BCUT2D eigenvalue weighted by Gasteiger charge is -2.14. The topological polar surface area (TPSA) is 116 Å². The minimum atomic E-state index is -1.46. The Balaban J connectivity index is 3.04. The van der Waals surface area contributed by atoms with Crippen molar-refractivity contribution < 1.29 is 28.3 Å². The zero-order valence-electron chi connectivity index (χ0n) is 9.51. The monoisotopic (exact) mass is 276 g/mol. The van der Waals surface area contributed by atoms with Crippen LogP contribution in [0.15, 0.2) is 12.1 Å². The van der Waals surface area contributed by atoms with Crippen LogP contribution < -0.4 is 10.5 Å². The van der Waals surface area contributed by atoms with Crippen LogP contribution in [0.2, 0.25) is 0 Å². The van der Waals surface area contributed by atoms with Crippen molar-refractivity contribution >= 4 is 11.7 Å². The van der Waals surface area contributed by atoms with Crippen molar-refractivity contribution in [2.75, 3.05) is 6.54 Å². The summed E-state index contributed by atoms with van der Waals surface area (Å²) in [6.07, 6.45) is -1.58. The molecular weight excluding hydrogens is 266 g/mol. The minimum absolute atomic E-state index is 0.0337. The highest BCUT2D eigenvalue weighted by atomic mass is 19.1. The third kappa shape index (κ3) is 3.58. The molecule has 9 heteroatoms. The van der Waals surface area contributed by atoms with E-state index in [2.05, 4.69) is 0 Å². The van der Waals surface area contributed by atoms with E-state index < -0.39 is 40.1 Å². The molecule has 0 heterocycles. The molecule has 0 aliphatic rings. The maximum Gasteiger partial charge on any atom is 0.344 e. The van der Waals surface area contributed by atoms with E-state index >= 15 is 0 Å². The van der Waals surface area contributed by atoms with Crippen LogP contribution in [0, 0.1) is 21.7 Å². The van der Waals surface area contributed by atoms with Crippen molar-refractivity contribution in [2.24, 2.45) is 5.73 Å². The summed E-state index contributed by atoms with van der Waals surface area (Å²) in [5.74, 6) is -4.66. The number of nitrogens with zero attached hydrogens (tertiary/aromatic N) is 1. The Labute approximate surface area is 105 Å². The average Bonchev–Trinajstić information content (AvgIpc) is 2.32. The second-order valence-corrected chi connectivity index (χ2v) is 3.51. The predicted octanol–water partition coefficient (Wildman–Crippen LogP) is 1.05. The third-order valence-corrected chi connectivity index (χ3v) is 2.17. The van der Waals surface area contributed by atoms with Crippen LogP contribution >= 0.6 is 0 Å². The first-order chi connectivity index (χ1) is 8.86. The van der Waals surface area contributed by atoms with E-state index in [1.54, 1.807) is 0 Å². The van der Waals surface area contributed by atoms with Gasteiger partial charge in [-0.2, -0.15) is 4.39 Å². The lowest BCUT2D eigenvalue weighted by Crippen LogP contribution is -2.30. The molecule has 1 unspecified atom stereocenters. The Morgan fingerprint density at radius 1 is 1.47 bits per heavy atom. The van der Waals surface area contributed by atoms with Crippen LogP contribution in [0.4, 0.5) is 14.5 Å². The smallest absolute Gasteiger partial charge is 0.344 e. The molecule has 0 aliphatic heterocycles. The fourth-order valence-corrected chi connectivity index (χ4v) is 1.29. The molecule has 0 aliphatic carbocycles. The van der Waals surface area contributed by atoms with Crippen molar-refractivity contribution in [3.63, 3.8) is 0 Å². The van der Waals surface area contributed by atoms with E-state index in [1.165, 1.54) is 0 Å². The third-order valence-electron chi connectivity index (χ3n) is 2.17. The molecule has 0 fully saturated rings. The molecule has 0 saturated heterocycles. The molecule has 1 atom stereocenters.